The number of hydrogen-bond donors (Lipinski definition) is 0. The quantitative estimate of drug-likeness (QED) is 0.572. The Balaban J connectivity index is 2.37. The van der Waals surface area contributed by atoms with Crippen molar-refractivity contribution in [3.05, 3.63) is 0 Å². The highest BCUT2D eigenvalue weighted by atomic mass is 16.5. The molecule has 1 aliphatic heterocycles. The number of piperidine rings is 1. The molecular formula is C8H15NO2. The molecular weight excluding hydrogens is 142 g/mol. The molecule has 0 radical (unpaired) electrons. The highest BCUT2D eigenvalue weighted by Crippen LogP contribution is 2.16. The Kier molecular flexibility index (Phi) is 3.36. The molecule has 1 fully saturated rings. The Labute approximate surface area is 67.3 Å². The molecule has 3 heteroatoms. The molecule has 1 rings (SSSR count). The highest BCUT2D eigenvalue weighted by Gasteiger charge is 2.21. The number of rotatable bonds is 3. The smallest absolute Gasteiger partial charge is 0.294 e. The number of ether oxygens (including phenoxy) is 1. The van der Waals surface area contributed by atoms with Crippen LogP contribution < -0.4 is 0 Å². The number of carbonyl (C=O) groups is 1. The fourth-order valence-corrected chi connectivity index (χ4v) is 1.54. The van der Waals surface area contributed by atoms with E-state index < -0.39 is 0 Å². The third-order valence-corrected chi connectivity index (χ3v) is 2.17. The first-order valence-electron chi connectivity index (χ1n) is 4.21. The summed E-state index contributed by atoms with van der Waals surface area (Å²) in [5, 5.41) is 0. The summed E-state index contributed by atoms with van der Waals surface area (Å²) in [6.07, 6.45) is 3.44. The van der Waals surface area contributed by atoms with Gasteiger partial charge in [0.1, 0.15) is 0 Å². The topological polar surface area (TPSA) is 29.5 Å². The Morgan fingerprint density at radius 1 is 1.64 bits per heavy atom. The molecule has 1 heterocycles. The summed E-state index contributed by atoms with van der Waals surface area (Å²) in [5.74, 6) is 0. The van der Waals surface area contributed by atoms with Crippen LogP contribution in [0.1, 0.15) is 26.2 Å². The van der Waals surface area contributed by atoms with Gasteiger partial charge in [0, 0.05) is 6.54 Å². The normalized spacial score (nSPS) is 26.5. The van der Waals surface area contributed by atoms with Crippen LogP contribution in [0.4, 0.5) is 0 Å². The van der Waals surface area contributed by atoms with Gasteiger partial charge < -0.3 is 4.74 Å². The Hall–Kier alpha value is -0.570. The van der Waals surface area contributed by atoms with Gasteiger partial charge in [-0.1, -0.05) is 6.92 Å². The van der Waals surface area contributed by atoms with Crippen LogP contribution in [-0.2, 0) is 9.53 Å². The van der Waals surface area contributed by atoms with E-state index in [1.165, 1.54) is 12.8 Å². The SMILES string of the molecule is CCN1CCCCC1OC=O. The van der Waals surface area contributed by atoms with Gasteiger partial charge in [0.15, 0.2) is 6.23 Å². The van der Waals surface area contributed by atoms with Gasteiger partial charge in [-0.3, -0.25) is 9.69 Å². The predicted octanol–water partition coefficient (Wildman–Crippen LogP) is 0.991. The van der Waals surface area contributed by atoms with E-state index in [0.29, 0.717) is 6.47 Å². The monoisotopic (exact) mass is 157 g/mol. The minimum Gasteiger partial charge on any atom is -0.449 e. The molecule has 64 valence electrons. The molecule has 0 aromatic heterocycles. The summed E-state index contributed by atoms with van der Waals surface area (Å²) in [5.41, 5.74) is 0. The maximum Gasteiger partial charge on any atom is 0.294 e. The summed E-state index contributed by atoms with van der Waals surface area (Å²) in [6, 6.07) is 0. The van der Waals surface area contributed by atoms with Gasteiger partial charge in [-0.15, -0.1) is 0 Å². The molecule has 0 amide bonds. The second-order valence-electron chi connectivity index (χ2n) is 2.81. The van der Waals surface area contributed by atoms with Crippen molar-refractivity contribution in [2.75, 3.05) is 13.1 Å². The summed E-state index contributed by atoms with van der Waals surface area (Å²) >= 11 is 0. The highest BCUT2D eigenvalue weighted by molar-refractivity contribution is 5.37. The maximum atomic E-state index is 10.1. The fourth-order valence-electron chi connectivity index (χ4n) is 1.54. The van der Waals surface area contributed by atoms with Crippen LogP contribution in [0.3, 0.4) is 0 Å². The van der Waals surface area contributed by atoms with Crippen molar-refractivity contribution in [1.29, 1.82) is 0 Å². The maximum absolute atomic E-state index is 10.1. The molecule has 1 aliphatic rings. The number of hydrogen-bond acceptors (Lipinski definition) is 3. The first kappa shape index (κ1) is 8.53. The molecule has 1 atom stereocenters. The van der Waals surface area contributed by atoms with E-state index in [9.17, 15) is 4.79 Å². The fraction of sp³-hybridized carbons (Fsp3) is 0.875. The Morgan fingerprint density at radius 2 is 2.45 bits per heavy atom. The van der Waals surface area contributed by atoms with Gasteiger partial charge in [0.25, 0.3) is 6.47 Å². The standard InChI is InChI=1S/C8H15NO2/c1-2-9-6-4-3-5-8(9)11-7-10/h7-8H,2-6H2,1H3. The van der Waals surface area contributed by atoms with E-state index >= 15 is 0 Å². The van der Waals surface area contributed by atoms with E-state index in [0.717, 1.165) is 19.5 Å². The van der Waals surface area contributed by atoms with Crippen molar-refractivity contribution in [3.8, 4) is 0 Å². The molecule has 11 heavy (non-hydrogen) atoms. The molecule has 0 aromatic carbocycles. The zero-order valence-electron chi connectivity index (χ0n) is 6.95. The van der Waals surface area contributed by atoms with Crippen molar-refractivity contribution < 1.29 is 9.53 Å². The molecule has 3 nitrogen and oxygen atoms in total. The van der Waals surface area contributed by atoms with Gasteiger partial charge >= 0.3 is 0 Å². The van der Waals surface area contributed by atoms with Crippen LogP contribution >= 0.6 is 0 Å². The van der Waals surface area contributed by atoms with Crippen LogP contribution in [-0.4, -0.2) is 30.7 Å². The number of carbonyl (C=O) groups excluding carboxylic acids is 1. The molecule has 0 aliphatic carbocycles. The lowest BCUT2D eigenvalue weighted by molar-refractivity contribution is -0.146. The summed E-state index contributed by atoms with van der Waals surface area (Å²) < 4.78 is 4.93. The molecule has 0 spiro atoms. The van der Waals surface area contributed by atoms with E-state index in [1.807, 2.05) is 0 Å². The lowest BCUT2D eigenvalue weighted by Crippen LogP contribution is -2.40. The van der Waals surface area contributed by atoms with Crippen molar-refractivity contribution in [3.63, 3.8) is 0 Å². The lowest BCUT2D eigenvalue weighted by Gasteiger charge is -2.32. The number of likely N-dealkylation sites (tertiary alicyclic amines) is 1. The second kappa shape index (κ2) is 4.34. The minimum atomic E-state index is 0.0475. The second-order valence-corrected chi connectivity index (χ2v) is 2.81. The van der Waals surface area contributed by atoms with Crippen molar-refractivity contribution in [1.82, 2.24) is 4.90 Å². The van der Waals surface area contributed by atoms with Crippen LogP contribution in [0.25, 0.3) is 0 Å². The Bertz CT molecular complexity index is 127. The van der Waals surface area contributed by atoms with Crippen molar-refractivity contribution >= 4 is 6.47 Å². The molecule has 1 unspecified atom stereocenters. The van der Waals surface area contributed by atoms with Crippen molar-refractivity contribution in [2.24, 2.45) is 0 Å². The average molecular weight is 157 g/mol. The summed E-state index contributed by atoms with van der Waals surface area (Å²) in [7, 11) is 0. The van der Waals surface area contributed by atoms with Gasteiger partial charge in [0.05, 0.1) is 0 Å². The largest absolute Gasteiger partial charge is 0.449 e. The first-order valence-corrected chi connectivity index (χ1v) is 4.21. The summed E-state index contributed by atoms with van der Waals surface area (Å²) in [4.78, 5) is 12.3. The zero-order chi connectivity index (χ0) is 8.10. The summed E-state index contributed by atoms with van der Waals surface area (Å²) in [6.45, 7) is 4.68. The third-order valence-electron chi connectivity index (χ3n) is 2.17. The van der Waals surface area contributed by atoms with Crippen molar-refractivity contribution in [2.45, 2.75) is 32.4 Å². The van der Waals surface area contributed by atoms with Crippen LogP contribution in [0, 0.1) is 0 Å². The van der Waals surface area contributed by atoms with E-state index in [1.54, 1.807) is 0 Å². The van der Waals surface area contributed by atoms with Gasteiger partial charge in [-0.2, -0.15) is 0 Å². The van der Waals surface area contributed by atoms with Crippen LogP contribution in [0.2, 0.25) is 0 Å². The zero-order valence-corrected chi connectivity index (χ0v) is 6.95. The van der Waals surface area contributed by atoms with E-state index in [4.69, 9.17) is 4.74 Å². The third kappa shape index (κ3) is 2.19. The molecule has 0 aromatic rings. The Morgan fingerprint density at radius 3 is 3.09 bits per heavy atom. The van der Waals surface area contributed by atoms with E-state index in [2.05, 4.69) is 11.8 Å². The molecule has 0 bridgehead atoms. The minimum absolute atomic E-state index is 0.0475. The number of nitrogens with zero attached hydrogens (tertiary/aromatic N) is 1. The van der Waals surface area contributed by atoms with Crippen LogP contribution in [0.15, 0.2) is 0 Å². The van der Waals surface area contributed by atoms with Gasteiger partial charge in [-0.25, -0.2) is 0 Å². The van der Waals surface area contributed by atoms with E-state index in [-0.39, 0.29) is 6.23 Å². The molecule has 0 saturated carbocycles. The van der Waals surface area contributed by atoms with Gasteiger partial charge in [-0.05, 0) is 25.8 Å². The molecule has 1 saturated heterocycles. The average Bonchev–Trinajstić information content (AvgIpc) is 2.06. The predicted molar refractivity (Wildman–Crippen MR) is 42.0 cm³/mol. The molecule has 0 N–H and O–H groups in total. The van der Waals surface area contributed by atoms with Gasteiger partial charge in [0.2, 0.25) is 0 Å². The first-order chi connectivity index (χ1) is 5.38. The van der Waals surface area contributed by atoms with Crippen LogP contribution in [0.5, 0.6) is 0 Å². The lowest BCUT2D eigenvalue weighted by atomic mass is 10.1.